The molecule has 1 aliphatic heterocycles. The fraction of sp³-hybridized carbons (Fsp3) is 0.375. The van der Waals surface area contributed by atoms with E-state index in [0.29, 0.717) is 29.7 Å². The van der Waals surface area contributed by atoms with Crippen molar-refractivity contribution >= 4 is 29.1 Å². The Kier molecular flexibility index (Phi) is 7.78. The van der Waals surface area contributed by atoms with Gasteiger partial charge >= 0.3 is 0 Å². The monoisotopic (exact) mass is 422 g/mol. The van der Waals surface area contributed by atoms with Crippen molar-refractivity contribution in [2.45, 2.75) is 45.6 Å². The van der Waals surface area contributed by atoms with Crippen molar-refractivity contribution < 1.29 is 14.3 Å². The van der Waals surface area contributed by atoms with E-state index < -0.39 is 0 Å². The normalized spacial score (nSPS) is 16.3. The van der Waals surface area contributed by atoms with E-state index in [4.69, 9.17) is 4.74 Å². The van der Waals surface area contributed by atoms with Crippen LogP contribution in [0.25, 0.3) is 0 Å². The Bertz CT molecular complexity index is 949. The van der Waals surface area contributed by atoms with E-state index in [9.17, 15) is 9.59 Å². The average Bonchev–Trinajstić information content (AvgIpc) is 3.25. The van der Waals surface area contributed by atoms with Crippen LogP contribution in [0, 0.1) is 0 Å². The average molecular weight is 423 g/mol. The van der Waals surface area contributed by atoms with Crippen LogP contribution in [0.2, 0.25) is 0 Å². The summed E-state index contributed by atoms with van der Waals surface area (Å²) >= 11 is 0. The molecule has 0 aromatic heterocycles. The van der Waals surface area contributed by atoms with Crippen LogP contribution in [-0.2, 0) is 9.53 Å². The van der Waals surface area contributed by atoms with Crippen LogP contribution in [0.15, 0.2) is 53.5 Å². The number of carbonyl (C=O) groups excluding carboxylic acids is 2. The number of aliphatic imine (C=N–C) groups is 1. The van der Waals surface area contributed by atoms with E-state index >= 15 is 0 Å². The van der Waals surface area contributed by atoms with Crippen LogP contribution in [-0.4, -0.2) is 37.0 Å². The Morgan fingerprint density at radius 3 is 2.52 bits per heavy atom. The fourth-order valence-corrected chi connectivity index (χ4v) is 3.33. The first-order valence-electron chi connectivity index (χ1n) is 10.6. The lowest BCUT2D eigenvalue weighted by molar-refractivity contribution is -0.114. The smallest absolute Gasteiger partial charge is 0.258 e. The molecule has 0 radical (unpaired) electrons. The van der Waals surface area contributed by atoms with E-state index in [1.165, 1.54) is 12.5 Å². The molecule has 0 spiro atoms. The van der Waals surface area contributed by atoms with Gasteiger partial charge < -0.3 is 15.4 Å². The van der Waals surface area contributed by atoms with Gasteiger partial charge in [0.15, 0.2) is 0 Å². The Balaban J connectivity index is 1.77. The number of ether oxygens (including phenoxy) is 1. The van der Waals surface area contributed by atoms with Crippen LogP contribution in [0.4, 0.5) is 11.4 Å². The lowest BCUT2D eigenvalue weighted by atomic mass is 10.0. The topological polar surface area (TPSA) is 91.8 Å². The minimum Gasteiger partial charge on any atom is -0.376 e. The van der Waals surface area contributed by atoms with Crippen LogP contribution >= 0.6 is 0 Å². The summed E-state index contributed by atoms with van der Waals surface area (Å²) in [6, 6.07) is 14.8. The molecule has 0 unspecified atom stereocenters. The summed E-state index contributed by atoms with van der Waals surface area (Å²) < 4.78 is 5.66. The Hall–Kier alpha value is -3.19. The van der Waals surface area contributed by atoms with Crippen LogP contribution < -0.4 is 16.0 Å². The van der Waals surface area contributed by atoms with Gasteiger partial charge in [-0.15, -0.1) is 0 Å². The molecule has 7 heteroatoms. The second-order valence-electron chi connectivity index (χ2n) is 7.95. The quantitative estimate of drug-likeness (QED) is 0.482. The summed E-state index contributed by atoms with van der Waals surface area (Å²) in [4.78, 5) is 28.8. The highest BCUT2D eigenvalue weighted by molar-refractivity contribution is 6.10. The number of hydrogen-bond acceptors (Lipinski definition) is 4. The molecule has 1 saturated heterocycles. The summed E-state index contributed by atoms with van der Waals surface area (Å²) in [5.74, 6) is 0.250. The molecule has 7 nitrogen and oxygen atoms in total. The molecule has 0 aliphatic carbocycles. The third kappa shape index (κ3) is 6.93. The van der Waals surface area contributed by atoms with Gasteiger partial charge in [0.25, 0.3) is 5.91 Å². The third-order valence-corrected chi connectivity index (χ3v) is 4.97. The molecular weight excluding hydrogens is 392 g/mol. The predicted octanol–water partition coefficient (Wildman–Crippen LogP) is 4.15. The van der Waals surface area contributed by atoms with Crippen molar-refractivity contribution in [2.75, 3.05) is 23.8 Å². The lowest BCUT2D eigenvalue weighted by Crippen LogP contribution is -2.36. The van der Waals surface area contributed by atoms with Gasteiger partial charge in [-0.2, -0.15) is 0 Å². The lowest BCUT2D eigenvalue weighted by Gasteiger charge is -2.15. The second-order valence-corrected chi connectivity index (χ2v) is 7.95. The van der Waals surface area contributed by atoms with Gasteiger partial charge in [0.05, 0.1) is 12.6 Å². The largest absolute Gasteiger partial charge is 0.376 e. The minimum atomic E-state index is -0.314. The Morgan fingerprint density at radius 1 is 1.10 bits per heavy atom. The van der Waals surface area contributed by atoms with E-state index in [1.807, 2.05) is 12.1 Å². The highest BCUT2D eigenvalue weighted by Crippen LogP contribution is 2.19. The molecule has 1 fully saturated rings. The zero-order chi connectivity index (χ0) is 22.2. The third-order valence-electron chi connectivity index (χ3n) is 4.97. The molecular formula is C24H30N4O3. The maximum absolute atomic E-state index is 12.9. The van der Waals surface area contributed by atoms with Gasteiger partial charge in [0.2, 0.25) is 11.9 Å². The number of guanidine groups is 1. The number of benzene rings is 2. The van der Waals surface area contributed by atoms with Crippen molar-refractivity contribution in [3.8, 4) is 0 Å². The van der Waals surface area contributed by atoms with Crippen LogP contribution in [0.5, 0.6) is 0 Å². The Labute approximate surface area is 183 Å². The summed E-state index contributed by atoms with van der Waals surface area (Å²) in [6.07, 6.45) is 2.06. The van der Waals surface area contributed by atoms with Crippen molar-refractivity contribution in [1.82, 2.24) is 5.32 Å². The summed E-state index contributed by atoms with van der Waals surface area (Å²) in [6.45, 7) is 6.92. The van der Waals surface area contributed by atoms with Crippen molar-refractivity contribution in [2.24, 2.45) is 4.99 Å². The molecule has 164 valence electrons. The molecule has 3 N–H and O–H groups in total. The molecule has 31 heavy (non-hydrogen) atoms. The summed E-state index contributed by atoms with van der Waals surface area (Å²) in [5.41, 5.74) is 3.03. The zero-order valence-electron chi connectivity index (χ0n) is 18.3. The van der Waals surface area contributed by atoms with Gasteiger partial charge in [0, 0.05) is 30.5 Å². The number of carbonyl (C=O) groups is 2. The Morgan fingerprint density at radius 2 is 1.84 bits per heavy atom. The van der Waals surface area contributed by atoms with Gasteiger partial charge in [-0.25, -0.2) is 4.99 Å². The van der Waals surface area contributed by atoms with E-state index in [1.54, 1.807) is 24.3 Å². The maximum Gasteiger partial charge on any atom is 0.258 e. The SMILES string of the molecule is CC(=O)Nc1cccc(C(=O)NC(=NC[C@@H]2CCCO2)Nc2cccc(C(C)C)c2)c1. The number of rotatable bonds is 6. The molecule has 1 heterocycles. The number of amides is 2. The first-order valence-corrected chi connectivity index (χ1v) is 10.6. The molecule has 2 amide bonds. The van der Waals surface area contributed by atoms with Crippen molar-refractivity contribution in [1.29, 1.82) is 0 Å². The standard InChI is InChI=1S/C24H30N4O3/c1-16(2)18-7-4-10-21(13-18)27-24(25-15-22-11-6-12-31-22)28-23(30)19-8-5-9-20(14-19)26-17(3)29/h4-5,7-10,13-14,16,22H,6,11-12,15H2,1-3H3,(H,26,29)(H2,25,27,28,30)/t22-/m0/s1. The molecule has 0 bridgehead atoms. The van der Waals surface area contributed by atoms with Crippen molar-refractivity contribution in [3.63, 3.8) is 0 Å². The molecule has 2 aromatic rings. The van der Waals surface area contributed by atoms with Gasteiger partial charge in [-0.1, -0.05) is 32.0 Å². The first kappa shape index (κ1) is 22.5. The minimum absolute atomic E-state index is 0.0683. The van der Waals surface area contributed by atoms with E-state index in [2.05, 4.69) is 46.9 Å². The fourth-order valence-electron chi connectivity index (χ4n) is 3.33. The zero-order valence-corrected chi connectivity index (χ0v) is 18.3. The van der Waals surface area contributed by atoms with Gasteiger partial charge in [0.1, 0.15) is 0 Å². The van der Waals surface area contributed by atoms with E-state index in [-0.39, 0.29) is 17.9 Å². The highest BCUT2D eigenvalue weighted by Gasteiger charge is 2.16. The molecule has 3 rings (SSSR count). The first-order chi connectivity index (χ1) is 14.9. The van der Waals surface area contributed by atoms with Gasteiger partial charge in [-0.3, -0.25) is 14.9 Å². The second kappa shape index (κ2) is 10.7. The molecule has 0 saturated carbocycles. The maximum atomic E-state index is 12.9. The molecule has 2 aromatic carbocycles. The van der Waals surface area contributed by atoms with E-state index in [0.717, 1.165) is 25.1 Å². The number of hydrogen-bond donors (Lipinski definition) is 3. The van der Waals surface area contributed by atoms with Crippen molar-refractivity contribution in [3.05, 3.63) is 59.7 Å². The highest BCUT2D eigenvalue weighted by atomic mass is 16.5. The van der Waals surface area contributed by atoms with Gasteiger partial charge in [-0.05, 0) is 54.7 Å². The van der Waals surface area contributed by atoms with Crippen LogP contribution in [0.1, 0.15) is 55.5 Å². The predicted molar refractivity (Wildman–Crippen MR) is 124 cm³/mol. The molecule has 1 aliphatic rings. The summed E-state index contributed by atoms with van der Waals surface area (Å²) in [5, 5.41) is 8.80. The van der Waals surface area contributed by atoms with Crippen LogP contribution in [0.3, 0.4) is 0 Å². The summed E-state index contributed by atoms with van der Waals surface area (Å²) in [7, 11) is 0. The molecule has 1 atom stereocenters. The number of nitrogens with one attached hydrogen (secondary N) is 3. The number of nitrogens with zero attached hydrogens (tertiary/aromatic N) is 1. The number of anilines is 2.